The first-order chi connectivity index (χ1) is 14.1. The Morgan fingerprint density at radius 1 is 0.967 bits per heavy atom. The first-order valence-corrected chi connectivity index (χ1v) is 10.4. The van der Waals surface area contributed by atoms with Crippen LogP contribution in [0.1, 0.15) is 39.7 Å². The summed E-state index contributed by atoms with van der Waals surface area (Å²) in [5, 5.41) is 4.13. The zero-order chi connectivity index (χ0) is 22.4. The zero-order valence-corrected chi connectivity index (χ0v) is 18.9. The Kier molecular flexibility index (Phi) is 8.52. The van der Waals surface area contributed by atoms with Gasteiger partial charge in [0.1, 0.15) is 24.9 Å². The first-order valence-electron chi connectivity index (χ1n) is 8.88. The highest BCUT2D eigenvalue weighted by molar-refractivity contribution is 14.1. The zero-order valence-electron chi connectivity index (χ0n) is 16.8. The molecule has 30 heavy (non-hydrogen) atoms. The maximum atomic E-state index is 11.8. The van der Waals surface area contributed by atoms with Crippen LogP contribution >= 0.6 is 22.6 Å². The van der Waals surface area contributed by atoms with Crippen molar-refractivity contribution in [2.45, 2.75) is 62.8 Å². The van der Waals surface area contributed by atoms with E-state index in [0.717, 1.165) is 13.8 Å². The molecule has 166 valence electrons. The summed E-state index contributed by atoms with van der Waals surface area (Å²) in [5.41, 5.74) is 0. The second-order valence-electron chi connectivity index (χ2n) is 6.34. The van der Waals surface area contributed by atoms with Gasteiger partial charge in [0.25, 0.3) is 0 Å². The molecule has 2 rings (SSSR count). The predicted octanol–water partition coefficient (Wildman–Crippen LogP) is 0.469. The summed E-state index contributed by atoms with van der Waals surface area (Å²) in [6.45, 7) is 4.40. The van der Waals surface area contributed by atoms with Gasteiger partial charge in [-0.15, -0.1) is 0 Å². The lowest BCUT2D eigenvalue weighted by molar-refractivity contribution is -0.270. The van der Waals surface area contributed by atoms with Crippen molar-refractivity contribution in [1.82, 2.24) is 14.8 Å². The van der Waals surface area contributed by atoms with Crippen molar-refractivity contribution < 1.29 is 42.9 Å². The van der Waals surface area contributed by atoms with Gasteiger partial charge in [-0.1, -0.05) is 22.6 Å². The summed E-state index contributed by atoms with van der Waals surface area (Å²) in [6.07, 6.45) is -4.50. The summed E-state index contributed by atoms with van der Waals surface area (Å²) in [7, 11) is 0. The Morgan fingerprint density at radius 3 is 2.07 bits per heavy atom. The number of aromatic nitrogens is 3. The minimum absolute atomic E-state index is 0.303. The molecule has 12 nitrogen and oxygen atoms in total. The predicted molar refractivity (Wildman–Crippen MR) is 105 cm³/mol. The SMILES string of the molecule is CC(=O)OC[C@H]1O[C@@H](n2ncnc2CI)[C@@H](OC(C)=O)[C@@H](OC(C)=O)[C@@H]1OC(C)=O. The third kappa shape index (κ3) is 6.10. The number of rotatable bonds is 7. The highest BCUT2D eigenvalue weighted by atomic mass is 127. The molecule has 1 fully saturated rings. The number of esters is 4. The molecule has 2 heterocycles. The van der Waals surface area contributed by atoms with Crippen LogP contribution in [0.5, 0.6) is 0 Å². The molecule has 5 atom stereocenters. The smallest absolute Gasteiger partial charge is 0.303 e. The first kappa shape index (κ1) is 24.0. The lowest BCUT2D eigenvalue weighted by Crippen LogP contribution is -2.60. The molecule has 0 bridgehead atoms. The minimum atomic E-state index is -1.25. The number of hydrogen-bond acceptors (Lipinski definition) is 11. The van der Waals surface area contributed by atoms with E-state index in [1.165, 1.54) is 24.9 Å². The van der Waals surface area contributed by atoms with Crippen molar-refractivity contribution in [3.05, 3.63) is 12.2 Å². The van der Waals surface area contributed by atoms with Crippen LogP contribution in [0.15, 0.2) is 6.33 Å². The molecule has 1 aliphatic heterocycles. The normalized spacial score (nSPS) is 25.8. The molecule has 1 aliphatic rings. The summed E-state index contributed by atoms with van der Waals surface area (Å²) in [4.78, 5) is 50.7. The molecule has 1 aromatic rings. The minimum Gasteiger partial charge on any atom is -0.463 e. The fourth-order valence-corrected chi connectivity index (χ4v) is 3.53. The molecule has 0 radical (unpaired) electrons. The van der Waals surface area contributed by atoms with E-state index in [1.807, 2.05) is 0 Å². The van der Waals surface area contributed by atoms with Crippen LogP contribution in [-0.2, 0) is 47.3 Å². The fraction of sp³-hybridized carbons (Fsp3) is 0.647. The number of alkyl halides is 1. The second kappa shape index (κ2) is 10.7. The molecule has 1 saturated heterocycles. The lowest BCUT2D eigenvalue weighted by Gasteiger charge is -2.44. The van der Waals surface area contributed by atoms with Crippen molar-refractivity contribution in [1.29, 1.82) is 0 Å². The number of carbonyl (C=O) groups is 4. The van der Waals surface area contributed by atoms with E-state index < -0.39 is 54.5 Å². The van der Waals surface area contributed by atoms with E-state index in [4.69, 9.17) is 23.7 Å². The molecule has 0 amide bonds. The Hall–Kier alpha value is -2.29. The number of carbonyl (C=O) groups excluding carboxylic acids is 4. The van der Waals surface area contributed by atoms with Crippen LogP contribution in [0.4, 0.5) is 0 Å². The summed E-state index contributed by atoms with van der Waals surface area (Å²) >= 11 is 2.07. The molecule has 0 spiro atoms. The van der Waals surface area contributed by atoms with Crippen molar-refractivity contribution in [2.75, 3.05) is 6.61 Å². The molecule has 0 unspecified atom stereocenters. The van der Waals surface area contributed by atoms with Crippen molar-refractivity contribution in [3.8, 4) is 0 Å². The molecule has 0 aliphatic carbocycles. The van der Waals surface area contributed by atoms with Gasteiger partial charge in [0.2, 0.25) is 0 Å². The van der Waals surface area contributed by atoms with Crippen LogP contribution in [0.25, 0.3) is 0 Å². The monoisotopic (exact) mass is 539 g/mol. The highest BCUT2D eigenvalue weighted by Gasteiger charge is 2.53. The van der Waals surface area contributed by atoms with E-state index in [1.54, 1.807) is 0 Å². The summed E-state index contributed by atoms with van der Waals surface area (Å²) in [6, 6.07) is 0. The highest BCUT2D eigenvalue weighted by Crippen LogP contribution is 2.35. The summed E-state index contributed by atoms with van der Waals surface area (Å²) < 4.78 is 28.9. The van der Waals surface area contributed by atoms with Crippen LogP contribution < -0.4 is 0 Å². The Morgan fingerprint density at radius 2 is 1.53 bits per heavy atom. The third-order valence-electron chi connectivity index (χ3n) is 3.97. The van der Waals surface area contributed by atoms with Crippen LogP contribution in [-0.4, -0.2) is 69.7 Å². The summed E-state index contributed by atoms with van der Waals surface area (Å²) in [5.74, 6) is -2.16. The van der Waals surface area contributed by atoms with Crippen LogP contribution in [0.2, 0.25) is 0 Å². The van der Waals surface area contributed by atoms with Crippen LogP contribution in [0.3, 0.4) is 0 Å². The van der Waals surface area contributed by atoms with E-state index in [-0.39, 0.29) is 6.61 Å². The number of halogens is 1. The van der Waals surface area contributed by atoms with E-state index in [2.05, 4.69) is 32.7 Å². The standard InChI is InChI=1S/C17H22IN3O9/c1-8(22)26-6-12-14(27-9(2)23)15(28-10(3)24)16(29-11(4)25)17(30-12)21-13(5-18)19-7-20-21/h7,12,14-17H,5-6H2,1-4H3/t12-,14-,15+,16+,17-/m1/s1. The Bertz CT molecular complexity index is 799. The van der Waals surface area contributed by atoms with Gasteiger partial charge in [-0.05, 0) is 0 Å². The quantitative estimate of drug-likeness (QED) is 0.206. The van der Waals surface area contributed by atoms with Gasteiger partial charge in [0, 0.05) is 27.7 Å². The van der Waals surface area contributed by atoms with E-state index in [0.29, 0.717) is 10.3 Å². The van der Waals surface area contributed by atoms with Crippen molar-refractivity contribution >= 4 is 46.5 Å². The Labute approximate surface area is 185 Å². The van der Waals surface area contributed by atoms with Crippen molar-refractivity contribution in [3.63, 3.8) is 0 Å². The largest absolute Gasteiger partial charge is 0.463 e. The molecular weight excluding hydrogens is 517 g/mol. The second-order valence-corrected chi connectivity index (χ2v) is 7.11. The van der Waals surface area contributed by atoms with Crippen molar-refractivity contribution in [2.24, 2.45) is 0 Å². The molecule has 13 heteroatoms. The topological polar surface area (TPSA) is 145 Å². The Balaban J connectivity index is 2.53. The van der Waals surface area contributed by atoms with Gasteiger partial charge in [-0.25, -0.2) is 9.67 Å². The average Bonchev–Trinajstić information content (AvgIpc) is 3.10. The van der Waals surface area contributed by atoms with Gasteiger partial charge in [0.15, 0.2) is 24.5 Å². The molecule has 0 aromatic carbocycles. The number of ether oxygens (including phenoxy) is 5. The van der Waals surface area contributed by atoms with Gasteiger partial charge in [0.05, 0.1) is 4.43 Å². The fourth-order valence-electron chi connectivity index (χ4n) is 2.98. The van der Waals surface area contributed by atoms with E-state index in [9.17, 15) is 19.2 Å². The average molecular weight is 539 g/mol. The maximum Gasteiger partial charge on any atom is 0.303 e. The molecule has 0 saturated carbocycles. The molecular formula is C17H22IN3O9. The molecule has 1 aromatic heterocycles. The third-order valence-corrected chi connectivity index (χ3v) is 4.66. The van der Waals surface area contributed by atoms with E-state index >= 15 is 0 Å². The van der Waals surface area contributed by atoms with Crippen LogP contribution in [0, 0.1) is 0 Å². The van der Waals surface area contributed by atoms with Gasteiger partial charge in [-0.2, -0.15) is 5.10 Å². The lowest BCUT2D eigenvalue weighted by atomic mass is 9.97. The molecule has 0 N–H and O–H groups in total. The number of hydrogen-bond donors (Lipinski definition) is 0. The van der Waals surface area contributed by atoms with Gasteiger partial charge < -0.3 is 23.7 Å². The van der Waals surface area contributed by atoms with Gasteiger partial charge in [-0.3, -0.25) is 19.2 Å². The van der Waals surface area contributed by atoms with Gasteiger partial charge >= 0.3 is 23.9 Å². The maximum absolute atomic E-state index is 11.8. The number of nitrogens with zero attached hydrogens (tertiary/aromatic N) is 3.